The maximum Gasteiger partial charge on any atom is 0.171 e. The van der Waals surface area contributed by atoms with Crippen molar-refractivity contribution in [3.05, 3.63) is 29.8 Å². The number of hydrogen-bond donors (Lipinski definition) is 2. The summed E-state index contributed by atoms with van der Waals surface area (Å²) in [5.41, 5.74) is 2.84. The molecule has 23 heavy (non-hydrogen) atoms. The van der Waals surface area contributed by atoms with E-state index in [1.165, 1.54) is 44.1 Å². The topological polar surface area (TPSA) is 24.1 Å². The zero-order valence-corrected chi connectivity index (χ0v) is 15.1. The summed E-state index contributed by atoms with van der Waals surface area (Å²) in [6.07, 6.45) is 8.75. The second-order valence-electron chi connectivity index (χ2n) is 8.47. The van der Waals surface area contributed by atoms with Crippen LogP contribution >= 0.6 is 12.2 Å². The van der Waals surface area contributed by atoms with Crippen LogP contribution in [-0.4, -0.2) is 11.2 Å². The predicted molar refractivity (Wildman–Crippen MR) is 101 cm³/mol. The van der Waals surface area contributed by atoms with E-state index in [1.54, 1.807) is 0 Å². The van der Waals surface area contributed by atoms with Gasteiger partial charge in [0.05, 0.1) is 0 Å². The second-order valence-corrected chi connectivity index (χ2v) is 8.87. The van der Waals surface area contributed by atoms with E-state index in [1.807, 2.05) is 0 Å². The molecule has 0 aliphatic heterocycles. The summed E-state index contributed by atoms with van der Waals surface area (Å²) in [7, 11) is 0. The fourth-order valence-electron chi connectivity index (χ4n) is 5.86. The SMILES string of the molecule is Cc1ccc(NC(=S)N[C@@H](C)C23CC4CC(CC(C4)C2)C3)cc1. The van der Waals surface area contributed by atoms with Gasteiger partial charge >= 0.3 is 0 Å². The third-order valence-electron chi connectivity index (χ3n) is 6.66. The molecule has 4 aliphatic carbocycles. The smallest absolute Gasteiger partial charge is 0.171 e. The Labute approximate surface area is 145 Å². The van der Waals surface area contributed by atoms with Crippen LogP contribution in [0.4, 0.5) is 5.69 Å². The number of aryl methyl sites for hydroxylation is 1. The van der Waals surface area contributed by atoms with Crippen LogP contribution in [0.25, 0.3) is 0 Å². The number of nitrogens with one attached hydrogen (secondary N) is 2. The van der Waals surface area contributed by atoms with Crippen LogP contribution in [0, 0.1) is 30.1 Å². The Bertz CT molecular complexity index is 557. The minimum absolute atomic E-state index is 0.473. The summed E-state index contributed by atoms with van der Waals surface area (Å²) in [4.78, 5) is 0. The molecule has 4 fully saturated rings. The van der Waals surface area contributed by atoms with Crippen molar-refractivity contribution in [2.24, 2.45) is 23.2 Å². The van der Waals surface area contributed by atoms with E-state index in [4.69, 9.17) is 12.2 Å². The number of rotatable bonds is 3. The number of hydrogen-bond acceptors (Lipinski definition) is 1. The molecule has 4 saturated carbocycles. The highest BCUT2D eigenvalue weighted by Gasteiger charge is 2.53. The largest absolute Gasteiger partial charge is 0.359 e. The zero-order chi connectivity index (χ0) is 16.0. The van der Waals surface area contributed by atoms with Crippen molar-refractivity contribution in [2.75, 3.05) is 5.32 Å². The standard InChI is InChI=1S/C20H28N2S/c1-13-3-5-18(6-4-13)22-19(23)21-14(2)20-10-15-7-16(11-20)9-17(8-15)12-20/h3-6,14-17H,7-12H2,1-2H3,(H2,21,22,23)/t14-,15?,16?,17?,20?/m0/s1. The average Bonchev–Trinajstić information content (AvgIpc) is 2.48. The quantitative estimate of drug-likeness (QED) is 0.773. The van der Waals surface area contributed by atoms with Gasteiger partial charge in [0.15, 0.2) is 5.11 Å². The molecule has 0 saturated heterocycles. The van der Waals surface area contributed by atoms with Gasteiger partial charge in [0.1, 0.15) is 0 Å². The van der Waals surface area contributed by atoms with Crippen molar-refractivity contribution >= 4 is 23.0 Å². The predicted octanol–water partition coefficient (Wildman–Crippen LogP) is 4.89. The molecule has 4 aliphatic rings. The molecule has 2 nitrogen and oxygen atoms in total. The van der Waals surface area contributed by atoms with Crippen LogP contribution in [0.15, 0.2) is 24.3 Å². The van der Waals surface area contributed by atoms with Crippen molar-refractivity contribution in [2.45, 2.75) is 58.4 Å². The van der Waals surface area contributed by atoms with Crippen LogP contribution in [-0.2, 0) is 0 Å². The van der Waals surface area contributed by atoms with Crippen molar-refractivity contribution in [1.82, 2.24) is 5.32 Å². The highest BCUT2D eigenvalue weighted by molar-refractivity contribution is 7.80. The summed E-state index contributed by atoms with van der Waals surface area (Å²) in [6, 6.07) is 8.90. The van der Waals surface area contributed by atoms with Gasteiger partial charge < -0.3 is 10.6 Å². The Morgan fingerprint density at radius 3 is 2.09 bits per heavy atom. The summed E-state index contributed by atoms with van der Waals surface area (Å²) >= 11 is 5.58. The highest BCUT2D eigenvalue weighted by Crippen LogP contribution is 2.61. The lowest BCUT2D eigenvalue weighted by atomic mass is 9.48. The molecule has 4 bridgehead atoms. The van der Waals surface area contributed by atoms with Gasteiger partial charge in [-0.15, -0.1) is 0 Å². The van der Waals surface area contributed by atoms with Gasteiger partial charge in [-0.1, -0.05) is 17.7 Å². The monoisotopic (exact) mass is 328 g/mol. The fourth-order valence-corrected chi connectivity index (χ4v) is 6.16. The molecule has 0 unspecified atom stereocenters. The third kappa shape index (κ3) is 3.00. The van der Waals surface area contributed by atoms with Gasteiger partial charge in [0.25, 0.3) is 0 Å². The molecular formula is C20H28N2S. The van der Waals surface area contributed by atoms with Crippen LogP contribution in [0.5, 0.6) is 0 Å². The van der Waals surface area contributed by atoms with Crippen LogP contribution in [0.2, 0.25) is 0 Å². The van der Waals surface area contributed by atoms with Crippen molar-refractivity contribution in [3.8, 4) is 0 Å². The van der Waals surface area contributed by atoms with Crippen LogP contribution < -0.4 is 10.6 Å². The lowest BCUT2D eigenvalue weighted by Crippen LogP contribution is -2.56. The van der Waals surface area contributed by atoms with E-state index in [-0.39, 0.29) is 0 Å². The van der Waals surface area contributed by atoms with Crippen molar-refractivity contribution in [3.63, 3.8) is 0 Å². The van der Waals surface area contributed by atoms with Gasteiger partial charge in [-0.25, -0.2) is 0 Å². The third-order valence-corrected chi connectivity index (χ3v) is 6.88. The van der Waals surface area contributed by atoms with Gasteiger partial charge in [-0.05, 0) is 99.9 Å². The number of thiocarbonyl (C=S) groups is 1. The van der Waals surface area contributed by atoms with E-state index in [2.05, 4.69) is 48.7 Å². The first-order valence-electron chi connectivity index (χ1n) is 9.17. The summed E-state index contributed by atoms with van der Waals surface area (Å²) in [5.74, 6) is 2.97. The first kappa shape index (κ1) is 15.4. The fraction of sp³-hybridized carbons (Fsp3) is 0.650. The normalized spacial score (nSPS) is 35.8. The van der Waals surface area contributed by atoms with Crippen molar-refractivity contribution < 1.29 is 0 Å². The van der Waals surface area contributed by atoms with E-state index in [0.717, 1.165) is 28.6 Å². The molecular weight excluding hydrogens is 300 g/mol. The lowest BCUT2D eigenvalue weighted by molar-refractivity contribution is -0.0671. The van der Waals surface area contributed by atoms with Crippen LogP contribution in [0.1, 0.15) is 51.0 Å². The molecule has 1 atom stereocenters. The molecule has 3 heteroatoms. The molecule has 0 aromatic heterocycles. The van der Waals surface area contributed by atoms with Gasteiger partial charge in [-0.3, -0.25) is 0 Å². The number of benzene rings is 1. The Morgan fingerprint density at radius 2 is 1.57 bits per heavy atom. The molecule has 0 heterocycles. The van der Waals surface area contributed by atoms with E-state index >= 15 is 0 Å². The maximum absolute atomic E-state index is 5.58. The van der Waals surface area contributed by atoms with E-state index < -0.39 is 0 Å². The Morgan fingerprint density at radius 1 is 1.04 bits per heavy atom. The number of anilines is 1. The van der Waals surface area contributed by atoms with Gasteiger partial charge in [0.2, 0.25) is 0 Å². The first-order chi connectivity index (χ1) is 11.0. The molecule has 5 rings (SSSR count). The Hall–Kier alpha value is -1.09. The molecule has 0 radical (unpaired) electrons. The zero-order valence-electron chi connectivity index (χ0n) is 14.3. The second kappa shape index (κ2) is 5.77. The van der Waals surface area contributed by atoms with E-state index in [9.17, 15) is 0 Å². The highest BCUT2D eigenvalue weighted by atomic mass is 32.1. The molecule has 1 aromatic rings. The maximum atomic E-state index is 5.58. The van der Waals surface area contributed by atoms with Gasteiger partial charge in [0, 0.05) is 11.7 Å². The summed E-state index contributed by atoms with van der Waals surface area (Å²) < 4.78 is 0. The molecule has 0 spiro atoms. The summed E-state index contributed by atoms with van der Waals surface area (Å²) in [6.45, 7) is 4.46. The van der Waals surface area contributed by atoms with Crippen molar-refractivity contribution in [1.29, 1.82) is 0 Å². The first-order valence-corrected chi connectivity index (χ1v) is 9.57. The lowest BCUT2D eigenvalue weighted by Gasteiger charge is -2.59. The molecule has 2 N–H and O–H groups in total. The van der Waals surface area contributed by atoms with Gasteiger partial charge in [-0.2, -0.15) is 0 Å². The molecule has 1 aromatic carbocycles. The minimum atomic E-state index is 0.473. The Balaban J connectivity index is 1.40. The van der Waals surface area contributed by atoms with E-state index in [0.29, 0.717) is 11.5 Å². The summed E-state index contributed by atoms with van der Waals surface area (Å²) in [5, 5.41) is 7.75. The molecule has 124 valence electrons. The average molecular weight is 329 g/mol. The Kier molecular flexibility index (Phi) is 3.87. The van der Waals surface area contributed by atoms with Crippen LogP contribution in [0.3, 0.4) is 0 Å². The minimum Gasteiger partial charge on any atom is -0.359 e. The molecule has 0 amide bonds.